The van der Waals surface area contributed by atoms with E-state index in [1.807, 2.05) is 0 Å². The molecule has 2 aromatic carbocycles. The number of hydrogen-bond acceptors (Lipinski definition) is 4. The third-order valence-corrected chi connectivity index (χ3v) is 6.51. The molecule has 2 amide bonds. The maximum Gasteiger partial charge on any atom is 0.272 e. The second kappa shape index (κ2) is 8.39. The van der Waals surface area contributed by atoms with Crippen LogP contribution in [-0.2, 0) is 16.6 Å². The molecule has 1 aliphatic rings. The van der Waals surface area contributed by atoms with E-state index >= 15 is 0 Å². The Labute approximate surface area is 204 Å². The number of aromatic nitrogens is 2. The number of fused-ring (bicyclic) bond motifs is 1. The minimum absolute atomic E-state index is 0.0887. The molecule has 1 atom stereocenters. The van der Waals surface area contributed by atoms with E-state index in [1.165, 1.54) is 17.0 Å². The lowest BCUT2D eigenvalue weighted by Crippen LogP contribution is -2.30. The van der Waals surface area contributed by atoms with Gasteiger partial charge in [-0.05, 0) is 48.9 Å². The summed E-state index contributed by atoms with van der Waals surface area (Å²) in [5.74, 6) is -0.839. The van der Waals surface area contributed by atoms with Crippen molar-refractivity contribution in [1.82, 2.24) is 9.55 Å². The minimum atomic E-state index is -0.498. The molecule has 7 nitrogen and oxygen atoms in total. The maximum absolute atomic E-state index is 13.6. The van der Waals surface area contributed by atoms with Gasteiger partial charge in [-0.15, -0.1) is 0 Å². The van der Waals surface area contributed by atoms with E-state index in [0.717, 1.165) is 6.07 Å². The highest BCUT2D eigenvalue weighted by molar-refractivity contribution is 6.32. The Morgan fingerprint density at radius 3 is 2.54 bits per heavy atom. The number of nitrogens with one attached hydrogen (secondary N) is 1. The van der Waals surface area contributed by atoms with Gasteiger partial charge in [-0.1, -0.05) is 18.5 Å². The summed E-state index contributed by atoms with van der Waals surface area (Å²) >= 11 is 6.21. The second-order valence-corrected chi connectivity index (χ2v) is 9.11. The third-order valence-electron chi connectivity index (χ3n) is 6.22. The lowest BCUT2D eigenvalue weighted by Gasteiger charge is -2.21. The number of pyridine rings is 1. The first-order chi connectivity index (χ1) is 16.7. The molecule has 1 fully saturated rings. The van der Waals surface area contributed by atoms with Gasteiger partial charge >= 0.3 is 0 Å². The van der Waals surface area contributed by atoms with Crippen LogP contribution in [0.15, 0.2) is 53.6 Å². The Hall–Kier alpha value is -3.91. The van der Waals surface area contributed by atoms with Crippen LogP contribution in [0, 0.1) is 18.7 Å². The number of anilines is 1. The first-order valence-electron chi connectivity index (χ1n) is 11.0. The van der Waals surface area contributed by atoms with Crippen molar-refractivity contribution in [3.8, 4) is 22.6 Å². The zero-order valence-electron chi connectivity index (χ0n) is 19.2. The summed E-state index contributed by atoms with van der Waals surface area (Å²) in [7, 11) is 1.75. The molecule has 0 saturated carbocycles. The van der Waals surface area contributed by atoms with Crippen LogP contribution < -0.4 is 15.2 Å². The summed E-state index contributed by atoms with van der Waals surface area (Å²) in [6.07, 6.45) is 3.47. The number of ether oxygens (including phenoxy) is 1. The molecular weight excluding hydrogens is 473 g/mol. The highest BCUT2D eigenvalue weighted by Crippen LogP contribution is 2.43. The number of hydrogen-bond donors (Lipinski definition) is 1. The van der Waals surface area contributed by atoms with E-state index in [0.29, 0.717) is 39.0 Å². The molecule has 1 N–H and O–H groups in total. The topological polar surface area (TPSA) is 84.4 Å². The summed E-state index contributed by atoms with van der Waals surface area (Å²) in [6.45, 7) is 3.50. The van der Waals surface area contributed by atoms with Crippen LogP contribution in [0.4, 0.5) is 10.1 Å². The Bertz CT molecular complexity index is 1590. The van der Waals surface area contributed by atoms with Gasteiger partial charge in [-0.3, -0.25) is 19.3 Å². The van der Waals surface area contributed by atoms with Crippen molar-refractivity contribution in [2.24, 2.45) is 13.0 Å². The number of imide groups is 1. The quantitative estimate of drug-likeness (QED) is 0.390. The fourth-order valence-electron chi connectivity index (χ4n) is 4.50. The van der Waals surface area contributed by atoms with Gasteiger partial charge in [0.15, 0.2) is 0 Å². The van der Waals surface area contributed by atoms with Crippen molar-refractivity contribution in [3.63, 3.8) is 0 Å². The number of benzene rings is 2. The molecule has 1 unspecified atom stereocenters. The maximum atomic E-state index is 13.6. The van der Waals surface area contributed by atoms with Crippen molar-refractivity contribution in [2.75, 3.05) is 4.90 Å². The summed E-state index contributed by atoms with van der Waals surface area (Å²) < 4.78 is 21.4. The van der Waals surface area contributed by atoms with Crippen molar-refractivity contribution in [1.29, 1.82) is 0 Å². The Balaban J connectivity index is 1.76. The van der Waals surface area contributed by atoms with E-state index in [9.17, 15) is 18.8 Å². The number of nitrogens with zero attached hydrogens (tertiary/aromatic N) is 2. The molecule has 1 aliphatic heterocycles. The van der Waals surface area contributed by atoms with Gasteiger partial charge in [0, 0.05) is 48.3 Å². The molecule has 5 rings (SSSR count). The fourth-order valence-corrected chi connectivity index (χ4v) is 4.71. The SMILES string of the molecule is Cc1cc(Oc2ccc(F)cc2Cl)c(-c2cn(C)c3c(=O)[nH]ccc23)cc1N1C(=O)CC(C)C1=O. The molecule has 3 heterocycles. The fraction of sp³-hybridized carbons (Fsp3) is 0.192. The normalized spacial score (nSPS) is 15.9. The van der Waals surface area contributed by atoms with Gasteiger partial charge in [0.1, 0.15) is 22.8 Å². The number of aryl methyl sites for hydroxylation is 2. The first-order valence-corrected chi connectivity index (χ1v) is 11.3. The standard InChI is InChI=1S/C26H21ClFN3O4/c1-13-8-22(35-21-5-4-15(28)10-19(21)27)17(11-20(13)31-23(32)9-14(2)26(31)34)18-12-30(3)24-16(18)6-7-29-25(24)33/h4-8,10-12,14H,9H2,1-3H3,(H,29,33). The van der Waals surface area contributed by atoms with Gasteiger partial charge in [0.2, 0.25) is 11.8 Å². The highest BCUT2D eigenvalue weighted by Gasteiger charge is 2.38. The Morgan fingerprint density at radius 1 is 1.09 bits per heavy atom. The van der Waals surface area contributed by atoms with Gasteiger partial charge in [0.25, 0.3) is 5.56 Å². The number of aromatic amines is 1. The van der Waals surface area contributed by atoms with E-state index in [-0.39, 0.29) is 34.6 Å². The van der Waals surface area contributed by atoms with Crippen LogP contribution in [-0.4, -0.2) is 21.4 Å². The minimum Gasteiger partial charge on any atom is -0.455 e. The summed E-state index contributed by atoms with van der Waals surface area (Å²) in [6, 6.07) is 9.01. The molecule has 4 aromatic rings. The molecule has 9 heteroatoms. The summed E-state index contributed by atoms with van der Waals surface area (Å²) in [5.41, 5.74) is 2.48. The molecule has 0 bridgehead atoms. The average Bonchev–Trinajstić information content (AvgIpc) is 3.26. The second-order valence-electron chi connectivity index (χ2n) is 8.71. The van der Waals surface area contributed by atoms with Crippen LogP contribution in [0.3, 0.4) is 0 Å². The van der Waals surface area contributed by atoms with Crippen molar-refractivity contribution < 1.29 is 18.7 Å². The molecule has 178 valence electrons. The van der Waals surface area contributed by atoms with Gasteiger partial charge in [-0.2, -0.15) is 0 Å². The van der Waals surface area contributed by atoms with E-state index in [4.69, 9.17) is 16.3 Å². The molecular formula is C26H21ClFN3O4. The summed E-state index contributed by atoms with van der Waals surface area (Å²) in [4.78, 5) is 41.8. The van der Waals surface area contributed by atoms with E-state index in [1.54, 1.807) is 56.1 Å². The van der Waals surface area contributed by atoms with Gasteiger partial charge in [0.05, 0.1) is 10.7 Å². The zero-order valence-corrected chi connectivity index (χ0v) is 19.9. The molecule has 0 spiro atoms. The smallest absolute Gasteiger partial charge is 0.272 e. The zero-order chi connectivity index (χ0) is 25.0. The Kier molecular flexibility index (Phi) is 5.48. The molecule has 0 radical (unpaired) electrons. The predicted molar refractivity (Wildman–Crippen MR) is 131 cm³/mol. The van der Waals surface area contributed by atoms with Crippen LogP contribution in [0.5, 0.6) is 11.5 Å². The van der Waals surface area contributed by atoms with E-state index < -0.39 is 11.7 Å². The van der Waals surface area contributed by atoms with Crippen molar-refractivity contribution in [3.05, 3.63) is 75.5 Å². The van der Waals surface area contributed by atoms with Crippen molar-refractivity contribution in [2.45, 2.75) is 20.3 Å². The lowest BCUT2D eigenvalue weighted by atomic mass is 10.0. The van der Waals surface area contributed by atoms with Crippen LogP contribution in [0.25, 0.3) is 22.0 Å². The molecule has 1 saturated heterocycles. The molecule has 35 heavy (non-hydrogen) atoms. The predicted octanol–water partition coefficient (Wildman–Crippen LogP) is 5.33. The number of carbonyl (C=O) groups excluding carboxylic acids is 2. The third kappa shape index (κ3) is 3.80. The largest absolute Gasteiger partial charge is 0.455 e. The lowest BCUT2D eigenvalue weighted by molar-refractivity contribution is -0.122. The number of amides is 2. The number of H-pyrrole nitrogens is 1. The monoisotopic (exact) mass is 493 g/mol. The molecule has 0 aliphatic carbocycles. The number of carbonyl (C=O) groups is 2. The van der Waals surface area contributed by atoms with Gasteiger partial charge < -0.3 is 14.3 Å². The highest BCUT2D eigenvalue weighted by atomic mass is 35.5. The summed E-state index contributed by atoms with van der Waals surface area (Å²) in [5, 5.41) is 0.749. The molecule has 2 aromatic heterocycles. The van der Waals surface area contributed by atoms with Gasteiger partial charge in [-0.25, -0.2) is 4.39 Å². The first kappa shape index (κ1) is 22.9. The number of rotatable bonds is 4. The van der Waals surface area contributed by atoms with Crippen molar-refractivity contribution >= 4 is 40.0 Å². The van der Waals surface area contributed by atoms with E-state index in [2.05, 4.69) is 4.98 Å². The van der Waals surface area contributed by atoms with Crippen LogP contribution in [0.2, 0.25) is 5.02 Å². The Morgan fingerprint density at radius 2 is 1.86 bits per heavy atom. The average molecular weight is 494 g/mol. The number of halogens is 2. The van der Waals surface area contributed by atoms with Crippen LogP contribution in [0.1, 0.15) is 18.9 Å². The van der Waals surface area contributed by atoms with Crippen LogP contribution >= 0.6 is 11.6 Å².